The molecule has 0 aromatic carbocycles. The summed E-state index contributed by atoms with van der Waals surface area (Å²) in [7, 11) is 0. The van der Waals surface area contributed by atoms with Crippen molar-refractivity contribution in [2.45, 2.75) is 150 Å². The molecule has 1 heteroatoms. The third-order valence-electron chi connectivity index (χ3n) is 12.1. The van der Waals surface area contributed by atoms with Crippen molar-refractivity contribution in [3.63, 3.8) is 0 Å². The number of unbranched alkanes of at least 4 members (excludes halogenated alkanes) is 1. The maximum atomic E-state index is 10.1. The minimum absolute atomic E-state index is 0.488. The lowest BCUT2D eigenvalue weighted by atomic mass is 9.51. The van der Waals surface area contributed by atoms with E-state index in [-0.39, 0.29) is 0 Å². The van der Waals surface area contributed by atoms with E-state index in [4.69, 9.17) is 0 Å². The van der Waals surface area contributed by atoms with E-state index in [9.17, 15) is 5.11 Å². The number of hydrogen-bond donors (Lipinski definition) is 1. The molecule has 0 radical (unpaired) electrons. The van der Waals surface area contributed by atoms with Crippen molar-refractivity contribution in [3.05, 3.63) is 0 Å². The van der Waals surface area contributed by atoms with Gasteiger partial charge in [0.05, 0.1) is 5.60 Å². The molecule has 0 saturated heterocycles. The van der Waals surface area contributed by atoms with Gasteiger partial charge in [-0.25, -0.2) is 0 Å². The highest BCUT2D eigenvalue weighted by Gasteiger charge is 2.62. The fraction of sp³-hybridized carbons (Fsp3) is 1.00. The van der Waals surface area contributed by atoms with E-state index in [2.05, 4.69) is 27.7 Å². The van der Waals surface area contributed by atoms with Crippen LogP contribution in [0.1, 0.15) is 144 Å². The van der Waals surface area contributed by atoms with Crippen LogP contribution in [0.2, 0.25) is 0 Å². The van der Waals surface area contributed by atoms with Crippen LogP contribution in [0.5, 0.6) is 0 Å². The number of rotatable bonds is 5. The first-order valence-electron chi connectivity index (χ1n) is 15.3. The molecule has 9 atom stereocenters. The summed E-state index contributed by atoms with van der Waals surface area (Å²) < 4.78 is 0. The van der Waals surface area contributed by atoms with Crippen LogP contribution in [-0.2, 0) is 0 Å². The smallest absolute Gasteiger partial charge is 0.0591 e. The number of fused-ring (bicyclic) bond motifs is 5. The summed E-state index contributed by atoms with van der Waals surface area (Å²) in [6.45, 7) is 14.5. The maximum absolute atomic E-state index is 10.1. The zero-order valence-electron chi connectivity index (χ0n) is 23.3. The van der Waals surface area contributed by atoms with Crippen molar-refractivity contribution in [2.24, 2.45) is 52.3 Å². The molecule has 192 valence electrons. The van der Waals surface area contributed by atoms with Gasteiger partial charge in [-0.2, -0.15) is 0 Å². The highest BCUT2D eigenvalue weighted by atomic mass is 16.3. The molecule has 0 heterocycles. The quantitative estimate of drug-likeness (QED) is 0.407. The molecule has 4 saturated carbocycles. The Hall–Kier alpha value is -0.0400. The van der Waals surface area contributed by atoms with Gasteiger partial charge in [0, 0.05) is 0 Å². The van der Waals surface area contributed by atoms with Crippen molar-refractivity contribution >= 4 is 0 Å². The van der Waals surface area contributed by atoms with Crippen molar-refractivity contribution in [1.82, 2.24) is 0 Å². The third kappa shape index (κ3) is 5.54. The van der Waals surface area contributed by atoms with Crippen molar-refractivity contribution < 1.29 is 5.11 Å². The number of hydrogen-bond acceptors (Lipinski definition) is 1. The summed E-state index contributed by atoms with van der Waals surface area (Å²) in [6, 6.07) is 0. The molecule has 1 N–H and O–H groups in total. The molecule has 0 aromatic rings. The monoisotopic (exact) mass is 458 g/mol. The van der Waals surface area contributed by atoms with Gasteiger partial charge in [-0.3, -0.25) is 0 Å². The highest BCUT2D eigenvalue weighted by Crippen LogP contribution is 2.70. The Labute approximate surface area is 207 Å². The first-order chi connectivity index (χ1) is 15.5. The minimum Gasteiger partial charge on any atom is -0.390 e. The zero-order valence-corrected chi connectivity index (χ0v) is 23.3. The van der Waals surface area contributed by atoms with Gasteiger partial charge in [0.25, 0.3) is 0 Å². The van der Waals surface area contributed by atoms with Crippen molar-refractivity contribution in [1.29, 1.82) is 0 Å². The molecule has 0 aromatic heterocycles. The summed E-state index contributed by atoms with van der Waals surface area (Å²) >= 11 is 0. The predicted molar refractivity (Wildman–Crippen MR) is 142 cm³/mol. The van der Waals surface area contributed by atoms with Crippen molar-refractivity contribution in [2.75, 3.05) is 0 Å². The van der Waals surface area contributed by atoms with Gasteiger partial charge < -0.3 is 5.11 Å². The van der Waals surface area contributed by atoms with Gasteiger partial charge in [0.2, 0.25) is 0 Å². The van der Waals surface area contributed by atoms with Crippen LogP contribution in [0.4, 0.5) is 0 Å². The van der Waals surface area contributed by atoms with E-state index in [0.29, 0.717) is 10.8 Å². The molecule has 1 nitrogen and oxygen atoms in total. The van der Waals surface area contributed by atoms with Gasteiger partial charge in [0.1, 0.15) is 0 Å². The molecular weight excluding hydrogens is 400 g/mol. The van der Waals surface area contributed by atoms with Crippen LogP contribution in [-0.4, -0.2) is 10.7 Å². The van der Waals surface area contributed by atoms with Crippen LogP contribution >= 0.6 is 0 Å². The largest absolute Gasteiger partial charge is 0.390 e. The second kappa shape index (κ2) is 10.1. The number of aliphatic hydroxyl groups is 1. The lowest BCUT2D eigenvalue weighted by Gasteiger charge is -2.53. The summed E-state index contributed by atoms with van der Waals surface area (Å²) in [5.41, 5.74) is 0.740. The maximum Gasteiger partial charge on any atom is 0.0591 e. The molecule has 33 heavy (non-hydrogen) atoms. The fourth-order valence-corrected chi connectivity index (χ4v) is 9.87. The lowest BCUT2D eigenvalue weighted by Crippen LogP contribution is -2.46. The Morgan fingerprint density at radius 2 is 1.36 bits per heavy atom. The average Bonchev–Trinajstić information content (AvgIpc) is 3.20. The van der Waals surface area contributed by atoms with Crippen molar-refractivity contribution in [3.8, 4) is 0 Å². The van der Waals surface area contributed by atoms with Crippen LogP contribution in [0, 0.1) is 52.3 Å². The van der Waals surface area contributed by atoms with E-state index in [0.717, 1.165) is 47.8 Å². The highest BCUT2D eigenvalue weighted by molar-refractivity contribution is 5.11. The molecule has 4 fully saturated rings. The Bertz CT molecular complexity index is 633. The second-order valence-electron chi connectivity index (χ2n) is 15.0. The Kier molecular flexibility index (Phi) is 8.00. The van der Waals surface area contributed by atoms with Gasteiger partial charge in [0.15, 0.2) is 0 Å². The third-order valence-corrected chi connectivity index (χ3v) is 12.1. The van der Waals surface area contributed by atoms with E-state index in [1.165, 1.54) is 89.9 Å². The molecule has 0 amide bonds. The van der Waals surface area contributed by atoms with Gasteiger partial charge >= 0.3 is 0 Å². The SMILES string of the molecule is CC1CCCC(C)CCC2C(CC1)CC1C3CCC(CCCCC(C)(C)O)C3(C)CCC21C. The van der Waals surface area contributed by atoms with Crippen LogP contribution < -0.4 is 0 Å². The van der Waals surface area contributed by atoms with Crippen LogP contribution in [0.3, 0.4) is 0 Å². The topological polar surface area (TPSA) is 20.2 Å². The standard InChI is InChI=1S/C32H58O/c1-23-10-9-11-24(2)14-17-27-25(15-13-23)22-29-28-18-16-26(12-7-8-19-30(3,4)33)31(28,5)20-21-32(27,29)6/h23-29,33H,7-22H2,1-6H3. The van der Waals surface area contributed by atoms with E-state index < -0.39 is 5.60 Å². The van der Waals surface area contributed by atoms with Gasteiger partial charge in [-0.1, -0.05) is 72.6 Å². The second-order valence-corrected chi connectivity index (χ2v) is 15.0. The van der Waals surface area contributed by atoms with E-state index >= 15 is 0 Å². The first-order valence-corrected chi connectivity index (χ1v) is 15.3. The van der Waals surface area contributed by atoms with Crippen LogP contribution in [0.15, 0.2) is 0 Å². The molecular formula is C32H58O. The predicted octanol–water partition coefficient (Wildman–Crippen LogP) is 9.42. The van der Waals surface area contributed by atoms with Crippen LogP contribution in [0.25, 0.3) is 0 Å². The van der Waals surface area contributed by atoms with Gasteiger partial charge in [-0.15, -0.1) is 0 Å². The fourth-order valence-electron chi connectivity index (χ4n) is 9.87. The van der Waals surface area contributed by atoms with E-state index in [1.54, 1.807) is 6.42 Å². The van der Waals surface area contributed by atoms with Gasteiger partial charge in [-0.05, 0) is 124 Å². The first kappa shape index (κ1) is 26.0. The molecule has 4 aliphatic rings. The lowest BCUT2D eigenvalue weighted by molar-refractivity contribution is -0.0442. The zero-order chi connectivity index (χ0) is 23.9. The Morgan fingerprint density at radius 1 is 0.727 bits per heavy atom. The normalized spacial score (nSPS) is 46.8. The summed E-state index contributed by atoms with van der Waals surface area (Å²) in [6.07, 6.45) is 22.9. The summed E-state index contributed by atoms with van der Waals surface area (Å²) in [5, 5.41) is 10.1. The molecule has 9 unspecified atom stereocenters. The molecule has 0 bridgehead atoms. The summed E-state index contributed by atoms with van der Waals surface area (Å²) in [4.78, 5) is 0. The van der Waals surface area contributed by atoms with E-state index in [1.807, 2.05) is 13.8 Å². The Balaban J connectivity index is 1.45. The molecule has 0 aliphatic heterocycles. The minimum atomic E-state index is -0.488. The molecule has 0 spiro atoms. The summed E-state index contributed by atoms with van der Waals surface area (Å²) in [5.74, 6) is 6.83. The molecule has 4 aliphatic carbocycles. The average molecular weight is 459 g/mol. The molecule has 4 rings (SSSR count). The Morgan fingerprint density at radius 3 is 2.06 bits per heavy atom.